The number of rotatable bonds is 9. The number of hydrogen-bond donors (Lipinski definition) is 1. The third kappa shape index (κ3) is 5.70. The van der Waals surface area contributed by atoms with Gasteiger partial charge in [0.2, 0.25) is 5.91 Å². The Morgan fingerprint density at radius 2 is 2.07 bits per heavy atom. The number of carbonyl (C=O) groups excluding carboxylic acids is 2. The van der Waals surface area contributed by atoms with Crippen LogP contribution in [0.4, 0.5) is 5.69 Å². The summed E-state index contributed by atoms with van der Waals surface area (Å²) in [5, 5.41) is 10.4. The van der Waals surface area contributed by atoms with E-state index in [1.54, 1.807) is 39.4 Å². The van der Waals surface area contributed by atoms with Crippen molar-refractivity contribution >= 4 is 17.5 Å². The molecule has 1 N–H and O–H groups in total. The standard InChI is InChI=1S/C18H25N5O4/c1-5-6-9-27-16-8-7-13(26-4)10-14(16)19-18(25)15-11-23(21-20-15)12-17(24)22(2)3/h7-8,10-11H,5-6,9,12H2,1-4H3,(H,19,25). The lowest BCUT2D eigenvalue weighted by Crippen LogP contribution is -2.26. The second-order valence-corrected chi connectivity index (χ2v) is 6.11. The van der Waals surface area contributed by atoms with Crippen molar-refractivity contribution in [2.24, 2.45) is 0 Å². The van der Waals surface area contributed by atoms with Crippen molar-refractivity contribution in [2.75, 3.05) is 33.1 Å². The number of nitrogens with one attached hydrogen (secondary N) is 1. The van der Waals surface area contributed by atoms with Gasteiger partial charge in [-0.3, -0.25) is 9.59 Å². The highest BCUT2D eigenvalue weighted by molar-refractivity contribution is 6.03. The van der Waals surface area contributed by atoms with E-state index in [0.29, 0.717) is 23.8 Å². The molecular weight excluding hydrogens is 350 g/mol. The molecule has 9 nitrogen and oxygen atoms in total. The summed E-state index contributed by atoms with van der Waals surface area (Å²) in [6.07, 6.45) is 3.34. The summed E-state index contributed by atoms with van der Waals surface area (Å²) in [7, 11) is 4.84. The first kappa shape index (κ1) is 20.2. The van der Waals surface area contributed by atoms with Crippen LogP contribution in [0.3, 0.4) is 0 Å². The zero-order chi connectivity index (χ0) is 19.8. The summed E-state index contributed by atoms with van der Waals surface area (Å²) in [4.78, 5) is 25.7. The second-order valence-electron chi connectivity index (χ2n) is 6.11. The van der Waals surface area contributed by atoms with Gasteiger partial charge in [0, 0.05) is 20.2 Å². The number of benzene rings is 1. The lowest BCUT2D eigenvalue weighted by Gasteiger charge is -2.13. The molecule has 0 saturated carbocycles. The molecule has 146 valence electrons. The minimum atomic E-state index is -0.452. The van der Waals surface area contributed by atoms with Gasteiger partial charge in [-0.25, -0.2) is 4.68 Å². The predicted molar refractivity (Wildman–Crippen MR) is 100 cm³/mol. The molecule has 1 heterocycles. The van der Waals surface area contributed by atoms with Crippen molar-refractivity contribution in [3.63, 3.8) is 0 Å². The van der Waals surface area contributed by atoms with E-state index in [2.05, 4.69) is 22.6 Å². The number of methoxy groups -OCH3 is 1. The Labute approximate surface area is 158 Å². The molecule has 0 bridgehead atoms. The van der Waals surface area contributed by atoms with Crippen molar-refractivity contribution in [2.45, 2.75) is 26.3 Å². The highest BCUT2D eigenvalue weighted by Gasteiger charge is 2.16. The largest absolute Gasteiger partial charge is 0.497 e. The first-order chi connectivity index (χ1) is 12.9. The maximum absolute atomic E-state index is 12.5. The second kappa shape index (κ2) is 9.56. The summed E-state index contributed by atoms with van der Waals surface area (Å²) in [6, 6.07) is 5.19. The van der Waals surface area contributed by atoms with Gasteiger partial charge in [-0.15, -0.1) is 5.10 Å². The summed E-state index contributed by atoms with van der Waals surface area (Å²) in [5.41, 5.74) is 0.582. The van der Waals surface area contributed by atoms with Crippen LogP contribution in [0.5, 0.6) is 11.5 Å². The summed E-state index contributed by atoms with van der Waals surface area (Å²) in [5.74, 6) is 0.541. The number of hydrogen-bond acceptors (Lipinski definition) is 6. The van der Waals surface area contributed by atoms with E-state index in [4.69, 9.17) is 9.47 Å². The van der Waals surface area contributed by atoms with E-state index in [1.807, 2.05) is 0 Å². The van der Waals surface area contributed by atoms with Gasteiger partial charge in [0.15, 0.2) is 5.69 Å². The molecule has 2 rings (SSSR count). The fraction of sp³-hybridized carbons (Fsp3) is 0.444. The minimum absolute atomic E-state index is 0.0117. The normalized spacial score (nSPS) is 10.4. The number of carbonyl (C=O) groups is 2. The fourth-order valence-corrected chi connectivity index (χ4v) is 2.13. The molecule has 0 fully saturated rings. The number of likely N-dealkylation sites (N-methyl/N-ethyl adjacent to an activating group) is 1. The fourth-order valence-electron chi connectivity index (χ4n) is 2.13. The maximum Gasteiger partial charge on any atom is 0.277 e. The summed E-state index contributed by atoms with van der Waals surface area (Å²) < 4.78 is 12.3. The Morgan fingerprint density at radius 1 is 1.30 bits per heavy atom. The molecular formula is C18H25N5O4. The van der Waals surface area contributed by atoms with Crippen molar-refractivity contribution in [1.82, 2.24) is 19.9 Å². The molecule has 0 aliphatic carbocycles. The van der Waals surface area contributed by atoms with E-state index >= 15 is 0 Å². The summed E-state index contributed by atoms with van der Waals surface area (Å²) in [6.45, 7) is 2.64. The number of aromatic nitrogens is 3. The van der Waals surface area contributed by atoms with E-state index in [0.717, 1.165) is 12.8 Å². The Balaban J connectivity index is 2.12. The van der Waals surface area contributed by atoms with Crippen LogP contribution in [0.1, 0.15) is 30.3 Å². The van der Waals surface area contributed by atoms with Crippen molar-refractivity contribution in [3.8, 4) is 11.5 Å². The average Bonchev–Trinajstić information content (AvgIpc) is 3.11. The van der Waals surface area contributed by atoms with Gasteiger partial charge in [0.05, 0.1) is 25.6 Å². The van der Waals surface area contributed by atoms with Gasteiger partial charge in [0.25, 0.3) is 5.91 Å². The van der Waals surface area contributed by atoms with Crippen molar-refractivity contribution in [3.05, 3.63) is 30.1 Å². The monoisotopic (exact) mass is 375 g/mol. The van der Waals surface area contributed by atoms with Gasteiger partial charge in [-0.2, -0.15) is 0 Å². The molecule has 0 spiro atoms. The van der Waals surface area contributed by atoms with Crippen LogP contribution < -0.4 is 14.8 Å². The number of unbranched alkanes of at least 4 members (excludes halogenated alkanes) is 1. The molecule has 2 amide bonds. The molecule has 2 aromatic rings. The third-order valence-corrected chi connectivity index (χ3v) is 3.76. The molecule has 0 radical (unpaired) electrons. The van der Waals surface area contributed by atoms with Gasteiger partial charge in [0.1, 0.15) is 18.0 Å². The molecule has 0 atom stereocenters. The average molecular weight is 375 g/mol. The number of ether oxygens (including phenoxy) is 2. The number of anilines is 1. The Hall–Kier alpha value is -3.10. The van der Waals surface area contributed by atoms with Crippen molar-refractivity contribution in [1.29, 1.82) is 0 Å². The highest BCUT2D eigenvalue weighted by Crippen LogP contribution is 2.29. The molecule has 0 aliphatic heterocycles. The number of amides is 2. The maximum atomic E-state index is 12.5. The topological polar surface area (TPSA) is 98.6 Å². The van der Waals surface area contributed by atoms with Crippen LogP contribution in [-0.2, 0) is 11.3 Å². The molecule has 27 heavy (non-hydrogen) atoms. The number of nitrogens with zero attached hydrogens (tertiary/aromatic N) is 4. The Bertz CT molecular complexity index is 788. The third-order valence-electron chi connectivity index (χ3n) is 3.76. The Morgan fingerprint density at radius 3 is 2.74 bits per heavy atom. The van der Waals surface area contributed by atoms with Gasteiger partial charge in [-0.05, 0) is 18.6 Å². The van der Waals surface area contributed by atoms with Crippen LogP contribution in [-0.4, -0.2) is 59.5 Å². The van der Waals surface area contributed by atoms with Gasteiger partial charge in [-0.1, -0.05) is 18.6 Å². The van der Waals surface area contributed by atoms with Crippen molar-refractivity contribution < 1.29 is 19.1 Å². The smallest absolute Gasteiger partial charge is 0.277 e. The first-order valence-electron chi connectivity index (χ1n) is 8.67. The predicted octanol–water partition coefficient (Wildman–Crippen LogP) is 1.81. The molecule has 1 aromatic carbocycles. The van der Waals surface area contributed by atoms with Crippen LogP contribution in [0.2, 0.25) is 0 Å². The van der Waals surface area contributed by atoms with E-state index in [1.165, 1.54) is 15.8 Å². The first-order valence-corrected chi connectivity index (χ1v) is 8.67. The summed E-state index contributed by atoms with van der Waals surface area (Å²) >= 11 is 0. The van der Waals surface area contributed by atoms with Crippen LogP contribution in [0, 0.1) is 0 Å². The molecule has 9 heteroatoms. The highest BCUT2D eigenvalue weighted by atomic mass is 16.5. The lowest BCUT2D eigenvalue weighted by molar-refractivity contribution is -0.129. The molecule has 0 unspecified atom stereocenters. The quantitative estimate of drug-likeness (QED) is 0.671. The molecule has 0 aliphatic rings. The van der Waals surface area contributed by atoms with Crippen LogP contribution in [0.25, 0.3) is 0 Å². The van der Waals surface area contributed by atoms with Gasteiger partial charge < -0.3 is 19.7 Å². The SMILES string of the molecule is CCCCOc1ccc(OC)cc1NC(=O)c1cn(CC(=O)N(C)C)nn1. The van der Waals surface area contributed by atoms with Crippen LogP contribution >= 0.6 is 0 Å². The van der Waals surface area contributed by atoms with E-state index < -0.39 is 5.91 Å². The van der Waals surface area contributed by atoms with Gasteiger partial charge >= 0.3 is 0 Å². The lowest BCUT2D eigenvalue weighted by atomic mass is 10.2. The minimum Gasteiger partial charge on any atom is -0.497 e. The van der Waals surface area contributed by atoms with E-state index in [-0.39, 0.29) is 18.1 Å². The van der Waals surface area contributed by atoms with E-state index in [9.17, 15) is 9.59 Å². The zero-order valence-corrected chi connectivity index (χ0v) is 16.1. The molecule has 1 aromatic heterocycles. The molecule has 0 saturated heterocycles. The Kier molecular flexibility index (Phi) is 7.16. The zero-order valence-electron chi connectivity index (χ0n) is 16.1. The van der Waals surface area contributed by atoms with Crippen LogP contribution in [0.15, 0.2) is 24.4 Å².